The zero-order chi connectivity index (χ0) is 29.4. The molecule has 0 aliphatic rings. The van der Waals surface area contributed by atoms with Crippen LogP contribution in [0.5, 0.6) is 0 Å². The first-order valence-corrected chi connectivity index (χ1v) is 13.0. The molecule has 6 aromatic rings. The van der Waals surface area contributed by atoms with Crippen LogP contribution >= 0.6 is 0 Å². The van der Waals surface area contributed by atoms with Gasteiger partial charge in [0.1, 0.15) is 11.4 Å². The minimum Gasteiger partial charge on any atom is -0.381 e. The van der Waals surface area contributed by atoms with Gasteiger partial charge in [0, 0.05) is 42.8 Å². The molecular weight excluding hydrogens is 532 g/mol. The number of aromatic nitrogens is 6. The van der Waals surface area contributed by atoms with Crippen molar-refractivity contribution in [3.8, 4) is 17.5 Å². The molecule has 0 saturated heterocycles. The highest BCUT2D eigenvalue weighted by Gasteiger charge is 2.24. The Balaban J connectivity index is 1.47. The molecule has 0 fully saturated rings. The van der Waals surface area contributed by atoms with E-state index in [9.17, 15) is 14.4 Å². The molecule has 0 aliphatic heterocycles. The van der Waals surface area contributed by atoms with E-state index in [1.165, 1.54) is 19.7 Å². The van der Waals surface area contributed by atoms with Crippen LogP contribution in [-0.4, -0.2) is 34.6 Å². The van der Waals surface area contributed by atoms with Gasteiger partial charge in [0.15, 0.2) is 11.5 Å². The lowest BCUT2D eigenvalue weighted by molar-refractivity contribution is 0.0940. The molecule has 2 aromatic carbocycles. The maximum Gasteiger partial charge on any atom is 0.267 e. The average molecular weight is 557 g/mol. The van der Waals surface area contributed by atoms with Crippen molar-refractivity contribution in [2.45, 2.75) is 13.0 Å². The number of nitrogens with two attached hydrogens (primary N) is 1. The van der Waals surface area contributed by atoms with E-state index in [0.717, 1.165) is 0 Å². The van der Waals surface area contributed by atoms with E-state index >= 15 is 0 Å². The van der Waals surface area contributed by atoms with Crippen molar-refractivity contribution in [1.29, 1.82) is 0 Å². The second-order valence-corrected chi connectivity index (χ2v) is 9.61. The van der Waals surface area contributed by atoms with Crippen molar-refractivity contribution in [2.75, 3.05) is 5.73 Å². The van der Waals surface area contributed by atoms with Crippen LogP contribution in [-0.2, 0) is 7.05 Å². The number of pyridine rings is 1. The lowest BCUT2D eigenvalue weighted by atomic mass is 10.1. The number of nitrogen functional groups attached to an aromatic ring is 1. The fourth-order valence-electron chi connectivity index (χ4n) is 4.73. The molecule has 1 atom stereocenters. The van der Waals surface area contributed by atoms with Crippen LogP contribution in [0.1, 0.15) is 40.3 Å². The SMILES string of the molecule is C[C@H](NC(=O)c1c(N)nn2cccnc12)c1nc2cccc(C#Cc3ccc(=O)n(C)c3)c2c(=O)n1-c1ccccc1. The summed E-state index contributed by atoms with van der Waals surface area (Å²) in [4.78, 5) is 48.4. The minimum absolute atomic E-state index is 0.0343. The molecule has 4 aromatic heterocycles. The van der Waals surface area contributed by atoms with Crippen LogP contribution < -0.4 is 22.2 Å². The number of nitrogens with zero attached hydrogens (tertiary/aromatic N) is 6. The van der Waals surface area contributed by atoms with E-state index in [1.807, 2.05) is 18.2 Å². The van der Waals surface area contributed by atoms with Gasteiger partial charge < -0.3 is 15.6 Å². The zero-order valence-electron chi connectivity index (χ0n) is 22.6. The fraction of sp³-hybridized carbons (Fsp3) is 0.0968. The molecule has 0 bridgehead atoms. The number of para-hydroxylation sites is 1. The zero-order valence-corrected chi connectivity index (χ0v) is 22.6. The summed E-state index contributed by atoms with van der Waals surface area (Å²) in [5, 5.41) is 7.41. The number of aryl methyl sites for hydroxylation is 1. The molecule has 0 aliphatic carbocycles. The molecular formula is C31H24N8O3. The molecule has 6 rings (SSSR count). The number of hydrogen-bond acceptors (Lipinski definition) is 7. The Bertz CT molecular complexity index is 2190. The summed E-state index contributed by atoms with van der Waals surface area (Å²) in [6.45, 7) is 1.74. The van der Waals surface area contributed by atoms with Gasteiger partial charge in [-0.1, -0.05) is 36.1 Å². The highest BCUT2D eigenvalue weighted by Crippen LogP contribution is 2.22. The molecule has 1 amide bonds. The second-order valence-electron chi connectivity index (χ2n) is 9.61. The maximum absolute atomic E-state index is 14.2. The first-order valence-electron chi connectivity index (χ1n) is 13.0. The van der Waals surface area contributed by atoms with Crippen LogP contribution in [0.3, 0.4) is 0 Å². The van der Waals surface area contributed by atoms with E-state index < -0.39 is 11.9 Å². The number of nitrogens with one attached hydrogen (secondary N) is 1. The third-order valence-corrected chi connectivity index (χ3v) is 6.75. The van der Waals surface area contributed by atoms with Crippen LogP contribution in [0.25, 0.3) is 22.2 Å². The predicted molar refractivity (Wildman–Crippen MR) is 158 cm³/mol. The Kier molecular flexibility index (Phi) is 6.56. The van der Waals surface area contributed by atoms with E-state index in [-0.39, 0.29) is 22.5 Å². The van der Waals surface area contributed by atoms with Crippen LogP contribution in [0.4, 0.5) is 5.82 Å². The lowest BCUT2D eigenvalue weighted by Crippen LogP contribution is -2.33. The Morgan fingerprint density at radius 3 is 2.60 bits per heavy atom. The number of amides is 1. The lowest BCUT2D eigenvalue weighted by Gasteiger charge is -2.20. The van der Waals surface area contributed by atoms with Crippen molar-refractivity contribution < 1.29 is 4.79 Å². The van der Waals surface area contributed by atoms with E-state index in [2.05, 4.69) is 27.2 Å². The number of carbonyl (C=O) groups is 1. The van der Waals surface area contributed by atoms with Crippen molar-refractivity contribution >= 4 is 28.3 Å². The third-order valence-electron chi connectivity index (χ3n) is 6.75. The highest BCUT2D eigenvalue weighted by atomic mass is 16.2. The largest absolute Gasteiger partial charge is 0.381 e. The summed E-state index contributed by atoms with van der Waals surface area (Å²) in [6.07, 6.45) is 4.83. The monoisotopic (exact) mass is 556 g/mol. The number of fused-ring (bicyclic) bond motifs is 2. The Morgan fingerprint density at radius 1 is 1.00 bits per heavy atom. The van der Waals surface area contributed by atoms with Crippen molar-refractivity contribution in [3.05, 3.63) is 129 Å². The van der Waals surface area contributed by atoms with Gasteiger partial charge in [0.05, 0.1) is 22.6 Å². The number of hydrogen-bond donors (Lipinski definition) is 2. The van der Waals surface area contributed by atoms with E-state index in [1.54, 1.807) is 75.0 Å². The normalized spacial score (nSPS) is 11.7. The summed E-state index contributed by atoms with van der Waals surface area (Å²) in [7, 11) is 1.65. The Morgan fingerprint density at radius 2 is 1.81 bits per heavy atom. The van der Waals surface area contributed by atoms with Crippen LogP contribution in [0.15, 0.2) is 94.9 Å². The number of benzene rings is 2. The molecule has 42 heavy (non-hydrogen) atoms. The first-order chi connectivity index (χ1) is 20.3. The number of rotatable bonds is 4. The van der Waals surface area contributed by atoms with E-state index in [0.29, 0.717) is 39.2 Å². The molecule has 0 radical (unpaired) electrons. The highest BCUT2D eigenvalue weighted by molar-refractivity contribution is 6.04. The van der Waals surface area contributed by atoms with Gasteiger partial charge in [0.25, 0.3) is 11.5 Å². The van der Waals surface area contributed by atoms with Crippen LogP contribution in [0, 0.1) is 11.8 Å². The number of anilines is 1. The smallest absolute Gasteiger partial charge is 0.267 e. The number of carbonyl (C=O) groups excluding carboxylic acids is 1. The van der Waals surface area contributed by atoms with Gasteiger partial charge in [-0.15, -0.1) is 5.10 Å². The Labute approximate surface area is 238 Å². The maximum atomic E-state index is 14.2. The van der Waals surface area contributed by atoms with Gasteiger partial charge in [-0.3, -0.25) is 19.0 Å². The van der Waals surface area contributed by atoms with Crippen molar-refractivity contribution in [2.24, 2.45) is 7.05 Å². The standard InChI is InChI=1S/C31H24N8O3/c1-19(34-30(41)26-27(32)36-38-17-7-16-33-29(26)38)28-35-23-11-6-8-21(14-12-20-13-15-24(40)37(2)18-20)25(23)31(42)39(28)22-9-4-3-5-10-22/h3-11,13,15-19H,1-2H3,(H2,32,36)(H,34,41)/t19-/m0/s1. The summed E-state index contributed by atoms with van der Waals surface area (Å²) < 4.78 is 4.35. The molecule has 4 heterocycles. The third kappa shape index (κ3) is 4.67. The topological polar surface area (TPSA) is 142 Å². The molecule has 0 saturated carbocycles. The molecule has 3 N–H and O–H groups in total. The summed E-state index contributed by atoms with van der Waals surface area (Å²) in [6, 6.07) is 18.4. The van der Waals surface area contributed by atoms with Gasteiger partial charge in [-0.05, 0) is 43.3 Å². The predicted octanol–water partition coefficient (Wildman–Crippen LogP) is 2.60. The summed E-state index contributed by atoms with van der Waals surface area (Å²) >= 11 is 0. The molecule has 0 spiro atoms. The molecule has 0 unspecified atom stereocenters. The Hall–Kier alpha value is -6.02. The van der Waals surface area contributed by atoms with E-state index in [4.69, 9.17) is 10.7 Å². The molecule has 11 nitrogen and oxygen atoms in total. The minimum atomic E-state index is -0.715. The first kappa shape index (κ1) is 26.2. The summed E-state index contributed by atoms with van der Waals surface area (Å²) in [5.41, 5.74) is 8.12. The van der Waals surface area contributed by atoms with Gasteiger partial charge in [-0.2, -0.15) is 0 Å². The van der Waals surface area contributed by atoms with Gasteiger partial charge >= 0.3 is 0 Å². The van der Waals surface area contributed by atoms with Crippen LogP contribution in [0.2, 0.25) is 0 Å². The van der Waals surface area contributed by atoms with Gasteiger partial charge in [0.2, 0.25) is 5.56 Å². The molecule has 11 heteroatoms. The van der Waals surface area contributed by atoms with Gasteiger partial charge in [-0.25, -0.2) is 14.5 Å². The fourth-order valence-corrected chi connectivity index (χ4v) is 4.73. The molecule has 206 valence electrons. The second kappa shape index (κ2) is 10.5. The summed E-state index contributed by atoms with van der Waals surface area (Å²) in [5.74, 6) is 5.96. The van der Waals surface area contributed by atoms with Crippen molar-refractivity contribution in [3.63, 3.8) is 0 Å². The van der Waals surface area contributed by atoms with Crippen molar-refractivity contribution in [1.82, 2.24) is 34.0 Å². The average Bonchev–Trinajstić information content (AvgIpc) is 3.33. The quantitative estimate of drug-likeness (QED) is 0.318.